The van der Waals surface area contributed by atoms with Gasteiger partial charge >= 0.3 is 15.6 Å². The number of fused-ring (bicyclic) bond motifs is 7. The lowest BCUT2D eigenvalue weighted by Gasteiger charge is -2.27. The van der Waals surface area contributed by atoms with Crippen molar-refractivity contribution in [3.8, 4) is 34.1 Å². The molecule has 0 spiro atoms. The van der Waals surface area contributed by atoms with E-state index in [2.05, 4.69) is 83.7 Å². The molecule has 5 aromatic rings. The molecule has 0 unspecified atom stereocenters. The summed E-state index contributed by atoms with van der Waals surface area (Å²) in [6, 6.07) is 26.9. The second-order valence-electron chi connectivity index (χ2n) is 27.9. The lowest BCUT2D eigenvalue weighted by Crippen LogP contribution is -2.52. The Kier molecular flexibility index (Phi) is 22.8. The second-order valence-corrected chi connectivity index (χ2v) is 40.7. The number of nitrogens with zero attached hydrogens (tertiary/aromatic N) is 4. The van der Waals surface area contributed by atoms with E-state index in [4.69, 9.17) is 33.2 Å². The molecule has 100 heavy (non-hydrogen) atoms. The highest BCUT2D eigenvalue weighted by Crippen LogP contribution is 2.47. The van der Waals surface area contributed by atoms with Crippen LogP contribution in [0, 0.1) is 5.92 Å². The van der Waals surface area contributed by atoms with Crippen molar-refractivity contribution in [2.24, 2.45) is 5.92 Å². The molecule has 10 rings (SSSR count). The summed E-state index contributed by atoms with van der Waals surface area (Å²) >= 11 is 0. The van der Waals surface area contributed by atoms with Crippen LogP contribution in [0.15, 0.2) is 115 Å². The number of amides is 6. The molecular weight excluding hydrogens is 1350 g/mol. The van der Waals surface area contributed by atoms with Crippen LogP contribution < -0.4 is 44.7 Å². The van der Waals surface area contributed by atoms with Crippen molar-refractivity contribution in [2.75, 3.05) is 82.6 Å². The van der Waals surface area contributed by atoms with Crippen molar-refractivity contribution < 1.29 is 87.7 Å². The van der Waals surface area contributed by atoms with Crippen molar-refractivity contribution in [2.45, 2.75) is 127 Å². The predicted octanol–water partition coefficient (Wildman–Crippen LogP) is 10.9. The van der Waals surface area contributed by atoms with E-state index in [1.807, 2.05) is 38.1 Å². The van der Waals surface area contributed by atoms with E-state index in [1.165, 1.54) is 64.5 Å². The van der Waals surface area contributed by atoms with E-state index in [1.54, 1.807) is 43.5 Å². The number of methoxy groups -OCH3 is 2. The summed E-state index contributed by atoms with van der Waals surface area (Å²) in [4.78, 5) is 90.5. The molecule has 536 valence electrons. The molecule has 3 N–H and O–H groups in total. The number of carbonyl (C=O) groups is 6. The number of hydrogen-bond acceptors (Lipinski definition) is 17. The maximum absolute atomic E-state index is 15.0. The summed E-state index contributed by atoms with van der Waals surface area (Å²) in [5, 5.41) is 8.98. The molecule has 4 atom stereocenters. The van der Waals surface area contributed by atoms with Crippen LogP contribution in [0.3, 0.4) is 0 Å². The first-order valence-electron chi connectivity index (χ1n) is 33.1. The summed E-state index contributed by atoms with van der Waals surface area (Å²) < 4.78 is 111. The molecule has 5 aromatic carbocycles. The number of rotatable bonds is 31. The average molecular weight is 1440 g/mol. The molecule has 0 radical (unpaired) electrons. The fourth-order valence-electron chi connectivity index (χ4n) is 12.3. The van der Waals surface area contributed by atoms with Crippen LogP contribution >= 0.6 is 0 Å². The van der Waals surface area contributed by atoms with Crippen LogP contribution in [0.25, 0.3) is 16.7 Å². The van der Waals surface area contributed by atoms with Gasteiger partial charge in [-0.1, -0.05) is 114 Å². The lowest BCUT2D eigenvalue weighted by molar-refractivity contribution is -0.128. The van der Waals surface area contributed by atoms with E-state index in [9.17, 15) is 50.4 Å². The number of carbonyl (C=O) groups excluding carboxylic acids is 6. The van der Waals surface area contributed by atoms with Crippen molar-refractivity contribution in [3.05, 3.63) is 143 Å². The van der Waals surface area contributed by atoms with E-state index in [-0.39, 0.29) is 116 Å². The minimum Gasteiger partial charge on any atom is -0.493 e. The van der Waals surface area contributed by atoms with Crippen LogP contribution in [0.5, 0.6) is 23.0 Å². The molecule has 0 saturated carbocycles. The summed E-state index contributed by atoms with van der Waals surface area (Å²) in [5.74, 6) is -3.61. The smallest absolute Gasteiger partial charge is 0.493 e. The molecule has 5 aliphatic rings. The summed E-state index contributed by atoms with van der Waals surface area (Å²) in [6.07, 6.45) is 2.11. The van der Waals surface area contributed by atoms with Crippen molar-refractivity contribution in [3.63, 3.8) is 0 Å². The van der Waals surface area contributed by atoms with Crippen molar-refractivity contribution in [1.82, 2.24) is 20.4 Å². The number of halogens is 3. The van der Waals surface area contributed by atoms with Gasteiger partial charge in [0.05, 0.1) is 69.3 Å². The quantitative estimate of drug-likeness (QED) is 0.0122. The maximum atomic E-state index is 15.0. The van der Waals surface area contributed by atoms with E-state index in [0.29, 0.717) is 36.1 Å². The Morgan fingerprint density at radius 1 is 0.620 bits per heavy atom. The van der Waals surface area contributed by atoms with Gasteiger partial charge in [0.1, 0.15) is 37.3 Å². The molecule has 0 fully saturated rings. The fourth-order valence-corrected chi connectivity index (χ4v) is 14.3. The number of anilines is 3. The zero-order valence-electron chi connectivity index (χ0n) is 57.9. The van der Waals surface area contributed by atoms with Gasteiger partial charge in [-0.15, -0.1) is 0 Å². The second kappa shape index (κ2) is 30.7. The summed E-state index contributed by atoms with van der Waals surface area (Å²) in [6.45, 7) is 19.0. The van der Waals surface area contributed by atoms with Gasteiger partial charge in [-0.3, -0.25) is 48.8 Å². The highest BCUT2D eigenvalue weighted by atomic mass is 32.2. The van der Waals surface area contributed by atoms with Crippen LogP contribution in [-0.2, 0) is 47.7 Å². The topological polar surface area (TPSA) is 259 Å². The highest BCUT2D eigenvalue weighted by Gasteiger charge is 2.52. The third-order valence-electron chi connectivity index (χ3n) is 17.8. The number of ether oxygens (including phenoxy) is 7. The molecule has 0 saturated heterocycles. The van der Waals surface area contributed by atoms with Crippen LogP contribution in [0.2, 0.25) is 51.4 Å². The fraction of sp³-hybridized carbons (Fsp3) is 0.437. The molecule has 29 heteroatoms. The van der Waals surface area contributed by atoms with Gasteiger partial charge in [0.15, 0.2) is 23.0 Å². The minimum atomic E-state index is -6.12. The highest BCUT2D eigenvalue weighted by molar-refractivity contribution is 7.87. The van der Waals surface area contributed by atoms with E-state index >= 15 is 0 Å². The van der Waals surface area contributed by atoms with Gasteiger partial charge in [-0.2, -0.15) is 21.6 Å². The first-order valence-corrected chi connectivity index (χ1v) is 42.0. The SMILES string of the molecule is COc1cc2c(cc1OCCCOc1cc3c(cc1OC)C(=O)N1C=C(c4ccc(NC(=O)[C@H](C)NC(=O)[C@@H](NCOCC5c6ccccc6-c6ccccc65)C(C)C)cc4)C[C@H]1C(=O)N3COCC[Si](C)(C)C)N(COCC[Si](C)(C)C)C(=O)[C@@H]1CC(OS(=O)(=O)C(F)(F)F)=CN1C2=O. The summed E-state index contributed by atoms with van der Waals surface area (Å²) in [5.41, 5.74) is 1.18. The molecule has 0 bridgehead atoms. The van der Waals surface area contributed by atoms with Crippen molar-refractivity contribution in [1.29, 1.82) is 0 Å². The molecule has 1 aliphatic carbocycles. The third-order valence-corrected chi connectivity index (χ3v) is 22.3. The van der Waals surface area contributed by atoms with Gasteiger partial charge in [-0.05, 0) is 82.6 Å². The lowest BCUT2D eigenvalue weighted by atomic mass is 9.98. The average Bonchev–Trinajstić information content (AvgIpc) is 1.60. The van der Waals surface area contributed by atoms with Crippen LogP contribution in [0.1, 0.15) is 83.4 Å². The number of hydrogen-bond donors (Lipinski definition) is 3. The number of benzene rings is 5. The first kappa shape index (κ1) is 74.1. The molecular formula is C71H86F3N7O16SSi2. The maximum Gasteiger partial charge on any atom is 0.534 e. The zero-order chi connectivity index (χ0) is 72.2. The molecule has 4 heterocycles. The zero-order valence-corrected chi connectivity index (χ0v) is 60.7. The Bertz CT molecular complexity index is 4060. The number of nitrogens with one attached hydrogen (secondary N) is 3. The van der Waals surface area contributed by atoms with Crippen LogP contribution in [-0.4, -0.2) is 167 Å². The normalized spacial score (nSPS) is 17.5. The molecule has 23 nitrogen and oxygen atoms in total. The Morgan fingerprint density at radius 2 is 1.12 bits per heavy atom. The molecule has 0 aromatic heterocycles. The monoisotopic (exact) mass is 1440 g/mol. The van der Waals surface area contributed by atoms with E-state index < -0.39 is 97.7 Å². The Labute approximate surface area is 582 Å². The largest absolute Gasteiger partial charge is 0.534 e. The Balaban J connectivity index is 0.790. The van der Waals surface area contributed by atoms with Gasteiger partial charge in [-0.25, -0.2) is 0 Å². The summed E-state index contributed by atoms with van der Waals surface area (Å²) in [7, 11) is -6.60. The van der Waals surface area contributed by atoms with Crippen molar-refractivity contribution >= 4 is 84.3 Å². The third kappa shape index (κ3) is 16.7. The molecule has 4 aliphatic heterocycles. The molecule has 6 amide bonds. The van der Waals surface area contributed by atoms with Gasteiger partial charge < -0.3 is 52.9 Å². The van der Waals surface area contributed by atoms with Crippen LogP contribution in [0.4, 0.5) is 30.2 Å². The minimum absolute atomic E-state index is 0.00214. The van der Waals surface area contributed by atoms with Gasteiger partial charge in [0.2, 0.25) is 11.8 Å². The van der Waals surface area contributed by atoms with Gasteiger partial charge in [0, 0.05) is 84.8 Å². The van der Waals surface area contributed by atoms with E-state index in [0.717, 1.165) is 22.0 Å². The Hall–Kier alpha value is -8.59. The first-order chi connectivity index (χ1) is 47.4. The number of alkyl halides is 3. The Morgan fingerprint density at radius 3 is 1.61 bits per heavy atom. The predicted molar refractivity (Wildman–Crippen MR) is 375 cm³/mol. The van der Waals surface area contributed by atoms with Gasteiger partial charge in [0.25, 0.3) is 23.6 Å². The standard InChI is InChI=1S/C71H86F3N7O16SSi2/c1-43(2)64(75-40-94-39-55-51-19-14-12-17-49(51)50-18-13-15-20-52(50)55)66(83)76-44(3)65(82)77-47-23-21-45(22-24-47)46-31-58-69(86)80(41-92-27-29-99(6,7)8)56-35-62(60(90-4)33-53(56)67(84)78(58)37-46)95-25-16-26-96-63-36-57-54(34-61(63)91-5)68(85)79-38-48(97-98(88,89)71(72,73)74)32-59(79)70(87)81(57)42-93-28-30-100(9,10)11/h12-15,17-24,33-38,43-44,55,58-59,64,75H,16,25-32,39-42H2,1-11H3,(H,76,83)(H,77,82)/t44-,58-,59-,64-/m0/s1.